The van der Waals surface area contributed by atoms with Crippen LogP contribution in [0.3, 0.4) is 0 Å². The van der Waals surface area contributed by atoms with Gasteiger partial charge in [-0.05, 0) is 6.92 Å². The van der Waals surface area contributed by atoms with Gasteiger partial charge < -0.3 is 4.79 Å². The Kier molecular flexibility index (Phi) is 19.9. The standard InChI is InChI=1S/C2H4O.Eu/c1-2-3;/h2H,1H3;. The largest absolute Gasteiger partial charge is 0.304 e. The van der Waals surface area contributed by atoms with E-state index in [1.807, 2.05) is 0 Å². The maximum absolute atomic E-state index is 8.81. The molecule has 0 N–H and O–H groups in total. The molecule has 0 unspecified atom stereocenters. The SMILES string of the molecule is CC=O.[Eu]. The second-order valence-corrected chi connectivity index (χ2v) is 0.236. The average Bonchev–Trinajstić information content (AvgIpc) is 0.918. The van der Waals surface area contributed by atoms with E-state index in [-0.39, 0.29) is 49.4 Å². The molecular weight excluding hydrogens is 192 g/mol. The minimum atomic E-state index is 0. The predicted molar refractivity (Wildman–Crippen MR) is 11.7 cm³/mol. The third-order valence-electron chi connectivity index (χ3n) is 0. The molecule has 0 aromatic carbocycles. The molecule has 2 heteroatoms. The molecule has 0 atom stereocenters. The first-order chi connectivity index (χ1) is 1.41. The number of aldehydes is 1. The summed E-state index contributed by atoms with van der Waals surface area (Å²) in [6.07, 6.45) is 0.750. The third-order valence-corrected chi connectivity index (χ3v) is 0. The molecule has 0 saturated heterocycles. The van der Waals surface area contributed by atoms with Gasteiger partial charge >= 0.3 is 0 Å². The van der Waals surface area contributed by atoms with Crippen molar-refractivity contribution in [3.05, 3.63) is 0 Å². The Balaban J connectivity index is 0. The van der Waals surface area contributed by atoms with E-state index < -0.39 is 0 Å². The summed E-state index contributed by atoms with van der Waals surface area (Å²) in [5, 5.41) is 0. The van der Waals surface area contributed by atoms with Gasteiger partial charge in [0.2, 0.25) is 0 Å². The van der Waals surface area contributed by atoms with Crippen LogP contribution in [0.2, 0.25) is 0 Å². The molecule has 25 valence electrons. The summed E-state index contributed by atoms with van der Waals surface area (Å²) in [5.41, 5.74) is 0. The zero-order chi connectivity index (χ0) is 2.71. The monoisotopic (exact) mass is 197 g/mol. The van der Waals surface area contributed by atoms with Crippen molar-refractivity contribution in [3.63, 3.8) is 0 Å². The summed E-state index contributed by atoms with van der Waals surface area (Å²) < 4.78 is 0. The van der Waals surface area contributed by atoms with Crippen LogP contribution in [0.25, 0.3) is 0 Å². The topological polar surface area (TPSA) is 17.1 Å². The molecular formula is C2H4EuO. The molecule has 0 fully saturated rings. The van der Waals surface area contributed by atoms with Crippen molar-refractivity contribution in [2.24, 2.45) is 0 Å². The molecule has 1 radical (unpaired) electrons. The molecule has 0 rings (SSSR count). The number of hydrogen-bond acceptors (Lipinski definition) is 1. The van der Waals surface area contributed by atoms with E-state index in [9.17, 15) is 0 Å². The van der Waals surface area contributed by atoms with Crippen LogP contribution in [0.5, 0.6) is 0 Å². The van der Waals surface area contributed by atoms with E-state index in [0.717, 1.165) is 6.29 Å². The molecule has 0 aromatic heterocycles. The van der Waals surface area contributed by atoms with Crippen LogP contribution in [0.15, 0.2) is 0 Å². The van der Waals surface area contributed by atoms with Crippen LogP contribution in [-0.2, 0) is 4.79 Å². The van der Waals surface area contributed by atoms with Crippen LogP contribution in [0.1, 0.15) is 6.92 Å². The summed E-state index contributed by atoms with van der Waals surface area (Å²) in [5.74, 6) is 0. The Morgan fingerprint density at radius 1 is 1.75 bits per heavy atom. The van der Waals surface area contributed by atoms with Crippen LogP contribution in [0.4, 0.5) is 0 Å². The molecule has 0 aliphatic rings. The molecule has 0 aromatic rings. The zero-order valence-electron chi connectivity index (χ0n) is 2.36. The summed E-state index contributed by atoms with van der Waals surface area (Å²) in [4.78, 5) is 8.81. The minimum Gasteiger partial charge on any atom is -0.304 e. The maximum atomic E-state index is 8.81. The Labute approximate surface area is 66.3 Å². The fourth-order valence-corrected chi connectivity index (χ4v) is 0. The van der Waals surface area contributed by atoms with Crippen molar-refractivity contribution >= 4 is 6.29 Å². The second kappa shape index (κ2) is 8.87. The molecule has 0 aliphatic heterocycles. The maximum Gasteiger partial charge on any atom is 0.116 e. The van der Waals surface area contributed by atoms with Crippen molar-refractivity contribution in [3.8, 4) is 0 Å². The third kappa shape index (κ3) is 10.5. The van der Waals surface area contributed by atoms with E-state index in [2.05, 4.69) is 0 Å². The number of carbonyl (C=O) groups excluding carboxylic acids is 1. The van der Waals surface area contributed by atoms with E-state index in [1.165, 1.54) is 6.92 Å². The van der Waals surface area contributed by atoms with E-state index in [1.54, 1.807) is 0 Å². The first kappa shape index (κ1) is 8.98. The van der Waals surface area contributed by atoms with Gasteiger partial charge in [-0.3, -0.25) is 0 Å². The molecule has 4 heavy (non-hydrogen) atoms. The van der Waals surface area contributed by atoms with Gasteiger partial charge in [-0.25, -0.2) is 0 Å². The van der Waals surface area contributed by atoms with Gasteiger partial charge in [-0.1, -0.05) is 0 Å². The summed E-state index contributed by atoms with van der Waals surface area (Å²) in [6, 6.07) is 0. The van der Waals surface area contributed by atoms with Crippen molar-refractivity contribution in [1.82, 2.24) is 0 Å². The normalized spacial score (nSPS) is 3.25. The van der Waals surface area contributed by atoms with Gasteiger partial charge in [-0.15, -0.1) is 0 Å². The predicted octanol–water partition coefficient (Wildman–Crippen LogP) is 0.205. The zero-order valence-corrected chi connectivity index (χ0v) is 4.79. The smallest absolute Gasteiger partial charge is 0.116 e. The molecule has 0 bridgehead atoms. The Morgan fingerprint density at radius 2 is 1.75 bits per heavy atom. The van der Waals surface area contributed by atoms with E-state index in [0.29, 0.717) is 0 Å². The van der Waals surface area contributed by atoms with Crippen molar-refractivity contribution in [2.45, 2.75) is 6.92 Å². The van der Waals surface area contributed by atoms with Gasteiger partial charge in [0.1, 0.15) is 6.29 Å². The van der Waals surface area contributed by atoms with Crippen molar-refractivity contribution in [1.29, 1.82) is 0 Å². The van der Waals surface area contributed by atoms with Gasteiger partial charge in [-0.2, -0.15) is 0 Å². The van der Waals surface area contributed by atoms with Gasteiger partial charge in [0, 0.05) is 49.4 Å². The molecule has 0 saturated carbocycles. The van der Waals surface area contributed by atoms with Gasteiger partial charge in [0.15, 0.2) is 0 Å². The number of carbonyl (C=O) groups is 1. The quantitative estimate of drug-likeness (QED) is 0.506. The first-order valence-corrected chi connectivity index (χ1v) is 0.813. The second-order valence-electron chi connectivity index (χ2n) is 0.236. The fraction of sp³-hybridized carbons (Fsp3) is 0.500. The van der Waals surface area contributed by atoms with Crippen molar-refractivity contribution in [2.75, 3.05) is 0 Å². The Hall–Kier alpha value is 1.25. The summed E-state index contributed by atoms with van der Waals surface area (Å²) in [7, 11) is 0. The van der Waals surface area contributed by atoms with Crippen LogP contribution >= 0.6 is 0 Å². The van der Waals surface area contributed by atoms with Gasteiger partial charge in [0.25, 0.3) is 0 Å². The average molecular weight is 196 g/mol. The Bertz CT molecular complexity index is 13.5. The minimum absolute atomic E-state index is 0. The molecule has 0 aliphatic carbocycles. The van der Waals surface area contributed by atoms with Crippen LogP contribution in [0, 0.1) is 49.4 Å². The van der Waals surface area contributed by atoms with Crippen molar-refractivity contribution < 1.29 is 54.2 Å². The summed E-state index contributed by atoms with van der Waals surface area (Å²) >= 11 is 0. The number of hydrogen-bond donors (Lipinski definition) is 0. The van der Waals surface area contributed by atoms with E-state index in [4.69, 9.17) is 4.79 Å². The molecule has 0 spiro atoms. The first-order valence-electron chi connectivity index (χ1n) is 0.813. The number of rotatable bonds is 0. The molecule has 1 nitrogen and oxygen atoms in total. The van der Waals surface area contributed by atoms with Crippen LogP contribution in [-0.4, -0.2) is 6.29 Å². The van der Waals surface area contributed by atoms with Gasteiger partial charge in [0.05, 0.1) is 0 Å². The molecule has 0 amide bonds. The van der Waals surface area contributed by atoms with E-state index >= 15 is 0 Å². The fourth-order valence-electron chi connectivity index (χ4n) is 0. The van der Waals surface area contributed by atoms with Crippen LogP contribution < -0.4 is 0 Å². The Morgan fingerprint density at radius 3 is 1.75 bits per heavy atom. The summed E-state index contributed by atoms with van der Waals surface area (Å²) in [6.45, 7) is 1.44. The molecule has 0 heterocycles.